The normalized spacial score (nSPS) is 17.3. The maximum atomic E-state index is 12.5. The molecule has 1 aliphatic rings. The minimum Gasteiger partial charge on any atom is -0.353 e. The van der Waals surface area contributed by atoms with E-state index in [1.807, 2.05) is 24.3 Å². The number of amides is 2. The number of nitrogens with zero attached hydrogens (tertiary/aromatic N) is 3. The molecule has 2 aromatic carbocycles. The highest BCUT2D eigenvalue weighted by Gasteiger charge is 2.31. The molecule has 1 aromatic heterocycles. The van der Waals surface area contributed by atoms with E-state index in [1.54, 1.807) is 6.07 Å². The molecule has 0 aliphatic carbocycles. The van der Waals surface area contributed by atoms with E-state index >= 15 is 0 Å². The van der Waals surface area contributed by atoms with Crippen molar-refractivity contribution in [2.45, 2.75) is 32.5 Å². The van der Waals surface area contributed by atoms with Gasteiger partial charge in [0.25, 0.3) is 0 Å². The lowest BCUT2D eigenvalue weighted by Crippen LogP contribution is -2.56. The van der Waals surface area contributed by atoms with Crippen molar-refractivity contribution in [3.63, 3.8) is 0 Å². The van der Waals surface area contributed by atoms with Gasteiger partial charge in [0.05, 0.1) is 12.5 Å². The summed E-state index contributed by atoms with van der Waals surface area (Å²) >= 11 is 0. The van der Waals surface area contributed by atoms with Gasteiger partial charge >= 0.3 is 0 Å². The first-order valence-electron chi connectivity index (χ1n) is 9.64. The molecule has 2 amide bonds. The molecule has 8 heteroatoms. The number of nitrogens with one attached hydrogen (secondary N) is 2. The molecular formula is C21H23N5O3. The van der Waals surface area contributed by atoms with Crippen molar-refractivity contribution in [2.75, 3.05) is 13.1 Å². The summed E-state index contributed by atoms with van der Waals surface area (Å²) in [6.45, 7) is 4.37. The summed E-state index contributed by atoms with van der Waals surface area (Å²) in [5.41, 5.74) is 4.56. The van der Waals surface area contributed by atoms with Crippen LogP contribution >= 0.6 is 0 Å². The minimum atomic E-state index is -0.481. The van der Waals surface area contributed by atoms with Gasteiger partial charge in [-0.15, -0.1) is 0 Å². The fourth-order valence-electron chi connectivity index (χ4n) is 3.57. The number of fused-ring (bicyclic) bond motifs is 1. The molecule has 0 unspecified atom stereocenters. The Morgan fingerprint density at radius 2 is 2.07 bits per heavy atom. The van der Waals surface area contributed by atoms with E-state index in [9.17, 15) is 9.59 Å². The second kappa shape index (κ2) is 8.40. The lowest BCUT2D eigenvalue weighted by Gasteiger charge is -2.35. The van der Waals surface area contributed by atoms with Crippen LogP contribution in [0.2, 0.25) is 0 Å². The van der Waals surface area contributed by atoms with Crippen molar-refractivity contribution >= 4 is 22.8 Å². The number of aryl methyl sites for hydroxylation is 1. The monoisotopic (exact) mass is 393 g/mol. The molecule has 1 saturated heterocycles. The summed E-state index contributed by atoms with van der Waals surface area (Å²) in [6.07, 6.45) is 0.117. The molecule has 1 fully saturated rings. The Balaban J connectivity index is 1.38. The van der Waals surface area contributed by atoms with Gasteiger partial charge in [-0.3, -0.25) is 14.5 Å². The maximum Gasteiger partial charge on any atom is 0.237 e. The summed E-state index contributed by atoms with van der Waals surface area (Å²) in [6, 6.07) is 13.1. The van der Waals surface area contributed by atoms with E-state index in [-0.39, 0.29) is 18.2 Å². The Morgan fingerprint density at radius 3 is 2.93 bits per heavy atom. The molecule has 29 heavy (non-hydrogen) atoms. The molecule has 2 heterocycles. The van der Waals surface area contributed by atoms with E-state index in [4.69, 9.17) is 0 Å². The number of hydrogen-bond acceptors (Lipinski definition) is 6. The van der Waals surface area contributed by atoms with Crippen LogP contribution in [0, 0.1) is 6.92 Å². The maximum absolute atomic E-state index is 12.5. The van der Waals surface area contributed by atoms with Gasteiger partial charge in [0.15, 0.2) is 0 Å². The molecule has 0 radical (unpaired) electrons. The summed E-state index contributed by atoms with van der Waals surface area (Å²) in [5, 5.41) is 13.3. The van der Waals surface area contributed by atoms with Crippen molar-refractivity contribution in [1.82, 2.24) is 25.8 Å². The predicted octanol–water partition coefficient (Wildman–Crippen LogP) is 1.54. The van der Waals surface area contributed by atoms with Crippen LogP contribution in [0.15, 0.2) is 47.1 Å². The molecule has 4 rings (SSSR count). The zero-order valence-electron chi connectivity index (χ0n) is 16.2. The topological polar surface area (TPSA) is 100 Å². The van der Waals surface area contributed by atoms with Gasteiger partial charge in [0.2, 0.25) is 11.8 Å². The molecular weight excluding hydrogens is 370 g/mol. The highest BCUT2D eigenvalue weighted by molar-refractivity contribution is 5.88. The van der Waals surface area contributed by atoms with Crippen LogP contribution in [0.1, 0.15) is 23.1 Å². The molecule has 150 valence electrons. The van der Waals surface area contributed by atoms with E-state index in [0.29, 0.717) is 37.2 Å². The van der Waals surface area contributed by atoms with Gasteiger partial charge in [-0.2, -0.15) is 0 Å². The zero-order valence-corrected chi connectivity index (χ0v) is 16.2. The first-order valence-corrected chi connectivity index (χ1v) is 9.64. The van der Waals surface area contributed by atoms with E-state index in [2.05, 4.69) is 49.5 Å². The van der Waals surface area contributed by atoms with E-state index in [0.717, 1.165) is 5.56 Å². The van der Waals surface area contributed by atoms with Crippen LogP contribution in [0.4, 0.5) is 0 Å². The Morgan fingerprint density at radius 1 is 1.24 bits per heavy atom. The van der Waals surface area contributed by atoms with Crippen molar-refractivity contribution < 1.29 is 14.2 Å². The van der Waals surface area contributed by atoms with E-state index < -0.39 is 6.04 Å². The van der Waals surface area contributed by atoms with Crippen molar-refractivity contribution in [1.29, 1.82) is 0 Å². The molecule has 0 saturated carbocycles. The first kappa shape index (κ1) is 19.1. The number of benzene rings is 2. The van der Waals surface area contributed by atoms with Gasteiger partial charge < -0.3 is 10.6 Å². The van der Waals surface area contributed by atoms with Gasteiger partial charge in [-0.1, -0.05) is 30.3 Å². The first-order chi connectivity index (χ1) is 14.1. The molecule has 0 bridgehead atoms. The van der Waals surface area contributed by atoms with Crippen LogP contribution in [0.25, 0.3) is 11.0 Å². The van der Waals surface area contributed by atoms with Crippen LogP contribution in [0.5, 0.6) is 0 Å². The standard InChI is InChI=1S/C21H23N5O3/c1-14-4-2-3-5-16(14)13-26-9-8-22-21(28)19(26)11-20(27)23-12-15-6-7-17-18(10-15)25-29-24-17/h2-7,10,19H,8-9,11-13H2,1H3,(H,22,28)(H,23,27)/t19-/m1/s1. The third-order valence-corrected chi connectivity index (χ3v) is 5.26. The number of hydrogen-bond donors (Lipinski definition) is 2. The molecule has 8 nitrogen and oxygen atoms in total. The number of aromatic nitrogens is 2. The summed E-state index contributed by atoms with van der Waals surface area (Å²) < 4.78 is 4.69. The second-order valence-electron chi connectivity index (χ2n) is 7.27. The van der Waals surface area contributed by atoms with Gasteiger partial charge in [-0.25, -0.2) is 4.63 Å². The fourth-order valence-corrected chi connectivity index (χ4v) is 3.57. The zero-order chi connectivity index (χ0) is 20.2. The largest absolute Gasteiger partial charge is 0.353 e. The van der Waals surface area contributed by atoms with Crippen molar-refractivity contribution in [2.24, 2.45) is 0 Å². The average molecular weight is 393 g/mol. The molecule has 1 aliphatic heterocycles. The molecule has 0 spiro atoms. The highest BCUT2D eigenvalue weighted by Crippen LogP contribution is 2.17. The lowest BCUT2D eigenvalue weighted by molar-refractivity contribution is -0.134. The third kappa shape index (κ3) is 4.43. The number of rotatable bonds is 6. The summed E-state index contributed by atoms with van der Waals surface area (Å²) in [4.78, 5) is 27.1. The second-order valence-corrected chi connectivity index (χ2v) is 7.27. The van der Waals surface area contributed by atoms with Crippen molar-refractivity contribution in [3.05, 3.63) is 59.2 Å². The fraction of sp³-hybridized carbons (Fsp3) is 0.333. The lowest BCUT2D eigenvalue weighted by atomic mass is 10.0. The summed E-state index contributed by atoms with van der Waals surface area (Å²) in [7, 11) is 0. The Kier molecular flexibility index (Phi) is 5.53. The Labute approximate surface area is 168 Å². The number of carbonyl (C=O) groups excluding carboxylic acids is 2. The molecule has 2 N–H and O–H groups in total. The number of carbonyl (C=O) groups is 2. The third-order valence-electron chi connectivity index (χ3n) is 5.26. The van der Waals surface area contributed by atoms with Gasteiger partial charge in [-0.05, 0) is 46.1 Å². The van der Waals surface area contributed by atoms with Crippen LogP contribution in [-0.2, 0) is 22.7 Å². The van der Waals surface area contributed by atoms with Crippen molar-refractivity contribution in [3.8, 4) is 0 Å². The van der Waals surface area contributed by atoms with Crippen LogP contribution in [-0.4, -0.2) is 46.2 Å². The minimum absolute atomic E-state index is 0.102. The van der Waals surface area contributed by atoms with Gasteiger partial charge in [0, 0.05) is 26.2 Å². The molecule has 1 atom stereocenters. The Hall–Kier alpha value is -3.26. The smallest absolute Gasteiger partial charge is 0.237 e. The number of piperazine rings is 1. The quantitative estimate of drug-likeness (QED) is 0.659. The summed E-state index contributed by atoms with van der Waals surface area (Å²) in [5.74, 6) is -0.268. The van der Waals surface area contributed by atoms with Gasteiger partial charge in [0.1, 0.15) is 11.0 Å². The highest BCUT2D eigenvalue weighted by atomic mass is 16.6. The van der Waals surface area contributed by atoms with Crippen LogP contribution in [0.3, 0.4) is 0 Å². The average Bonchev–Trinajstić information content (AvgIpc) is 3.18. The van der Waals surface area contributed by atoms with Crippen LogP contribution < -0.4 is 10.6 Å². The van der Waals surface area contributed by atoms with E-state index in [1.165, 1.54) is 11.1 Å². The molecule has 3 aromatic rings. The Bertz CT molecular complexity index is 1030. The SMILES string of the molecule is Cc1ccccc1CN1CCNC(=O)[C@H]1CC(=O)NCc1ccc2nonc2c1. The predicted molar refractivity (Wildman–Crippen MR) is 107 cm³/mol.